The van der Waals surface area contributed by atoms with Crippen LogP contribution in [0.3, 0.4) is 0 Å². The summed E-state index contributed by atoms with van der Waals surface area (Å²) in [6.07, 6.45) is 6.84. The molecule has 0 aliphatic heterocycles. The van der Waals surface area contributed by atoms with Crippen LogP contribution in [0.5, 0.6) is 0 Å². The lowest BCUT2D eigenvalue weighted by Gasteiger charge is -2.26. The number of carbonyl (C=O) groups excluding carboxylic acids is 1. The maximum atomic E-state index is 14.6. The quantitative estimate of drug-likeness (QED) is 0.355. The molecule has 1 aromatic heterocycles. The predicted molar refractivity (Wildman–Crippen MR) is 135 cm³/mol. The summed E-state index contributed by atoms with van der Waals surface area (Å²) >= 11 is 0. The highest BCUT2D eigenvalue weighted by molar-refractivity contribution is 5.98. The minimum atomic E-state index is -1.11. The molecule has 35 heavy (non-hydrogen) atoms. The van der Waals surface area contributed by atoms with Crippen LogP contribution in [-0.4, -0.2) is 44.4 Å². The topological polar surface area (TPSA) is 99.4 Å². The van der Waals surface area contributed by atoms with Crippen molar-refractivity contribution in [2.45, 2.75) is 70.5 Å². The first-order chi connectivity index (χ1) is 16.8. The third-order valence-electron chi connectivity index (χ3n) is 6.96. The van der Waals surface area contributed by atoms with Gasteiger partial charge in [0.15, 0.2) is 0 Å². The lowest BCUT2D eigenvalue weighted by Crippen LogP contribution is -2.51. The monoisotopic (exact) mass is 482 g/mol. The summed E-state index contributed by atoms with van der Waals surface area (Å²) < 4.78 is 16.8. The Hall–Kier alpha value is -2.97. The SMILES string of the molecule is Cc1cccc(CNc2nc3cc(C(=O)NC(C)(CO)CO)ccc3n2C2CCCCCC2)c1F. The standard InChI is InChI=1S/C27H35FN4O3/c1-18-8-7-9-20(24(18)28)15-29-26-30-22-14-19(25(35)31-27(2,16-33)17-34)12-13-23(22)32(26)21-10-5-3-4-6-11-21/h7-9,12-14,21,33-34H,3-6,10-11,15-17H2,1-2H3,(H,29,30)(H,31,35). The lowest BCUT2D eigenvalue weighted by molar-refractivity contribution is 0.0724. The van der Waals surface area contributed by atoms with Crippen LogP contribution in [0, 0.1) is 12.7 Å². The van der Waals surface area contributed by atoms with Crippen LogP contribution in [0.4, 0.5) is 10.3 Å². The van der Waals surface area contributed by atoms with E-state index in [0.29, 0.717) is 34.7 Å². The highest BCUT2D eigenvalue weighted by atomic mass is 19.1. The number of amides is 1. The van der Waals surface area contributed by atoms with Gasteiger partial charge in [0.1, 0.15) is 5.82 Å². The minimum absolute atomic E-state index is 0.216. The van der Waals surface area contributed by atoms with Gasteiger partial charge in [-0.3, -0.25) is 4.79 Å². The van der Waals surface area contributed by atoms with E-state index in [9.17, 15) is 19.4 Å². The first-order valence-corrected chi connectivity index (χ1v) is 12.4. The number of hydrogen-bond acceptors (Lipinski definition) is 5. The van der Waals surface area contributed by atoms with E-state index in [-0.39, 0.29) is 25.1 Å². The Labute approximate surface area is 205 Å². The number of carbonyl (C=O) groups is 1. The van der Waals surface area contributed by atoms with Crippen molar-refractivity contribution >= 4 is 22.9 Å². The molecule has 188 valence electrons. The number of hydrogen-bond donors (Lipinski definition) is 4. The molecule has 1 saturated carbocycles. The summed E-state index contributed by atoms with van der Waals surface area (Å²) in [7, 11) is 0. The van der Waals surface area contributed by atoms with Gasteiger partial charge >= 0.3 is 0 Å². The van der Waals surface area contributed by atoms with E-state index in [2.05, 4.69) is 15.2 Å². The number of anilines is 1. The molecule has 4 N–H and O–H groups in total. The molecule has 4 rings (SSSR count). The molecule has 0 saturated heterocycles. The highest BCUT2D eigenvalue weighted by Crippen LogP contribution is 2.34. The van der Waals surface area contributed by atoms with E-state index >= 15 is 0 Å². The molecule has 1 heterocycles. The number of nitrogens with zero attached hydrogens (tertiary/aromatic N) is 2. The molecule has 7 nitrogen and oxygen atoms in total. The Morgan fingerprint density at radius 2 is 1.86 bits per heavy atom. The van der Waals surface area contributed by atoms with Crippen LogP contribution < -0.4 is 10.6 Å². The lowest BCUT2D eigenvalue weighted by atomic mass is 10.0. The zero-order valence-corrected chi connectivity index (χ0v) is 20.5. The third kappa shape index (κ3) is 5.49. The predicted octanol–water partition coefficient (Wildman–Crippen LogP) is 4.46. The highest BCUT2D eigenvalue weighted by Gasteiger charge is 2.26. The molecular formula is C27H35FN4O3. The molecule has 1 aliphatic carbocycles. The molecule has 0 atom stereocenters. The fourth-order valence-electron chi connectivity index (χ4n) is 4.74. The molecule has 1 aliphatic rings. The van der Waals surface area contributed by atoms with E-state index < -0.39 is 11.4 Å². The summed E-state index contributed by atoms with van der Waals surface area (Å²) in [4.78, 5) is 17.6. The molecule has 3 aromatic rings. The summed E-state index contributed by atoms with van der Waals surface area (Å²) in [5.74, 6) is 0.0608. The Morgan fingerprint density at radius 3 is 2.54 bits per heavy atom. The molecule has 8 heteroatoms. The Kier molecular flexibility index (Phi) is 7.72. The number of halogens is 1. The van der Waals surface area contributed by atoms with Crippen molar-refractivity contribution in [3.63, 3.8) is 0 Å². The number of imidazole rings is 1. The summed E-state index contributed by atoms with van der Waals surface area (Å²) in [6.45, 7) is 2.89. The Balaban J connectivity index is 1.68. The summed E-state index contributed by atoms with van der Waals surface area (Å²) in [5, 5.41) is 25.1. The van der Waals surface area contributed by atoms with E-state index in [1.165, 1.54) is 12.8 Å². The smallest absolute Gasteiger partial charge is 0.251 e. The zero-order valence-electron chi connectivity index (χ0n) is 20.5. The summed E-state index contributed by atoms with van der Waals surface area (Å²) in [6, 6.07) is 11.0. The fraction of sp³-hybridized carbons (Fsp3) is 0.481. The van der Waals surface area contributed by atoms with Gasteiger partial charge in [-0.15, -0.1) is 0 Å². The molecule has 0 unspecified atom stereocenters. The van der Waals surface area contributed by atoms with Gasteiger partial charge in [-0.2, -0.15) is 0 Å². The van der Waals surface area contributed by atoms with E-state index in [4.69, 9.17) is 4.98 Å². The largest absolute Gasteiger partial charge is 0.394 e. The van der Waals surface area contributed by atoms with Crippen molar-refractivity contribution in [2.24, 2.45) is 0 Å². The van der Waals surface area contributed by atoms with Gasteiger partial charge in [0.2, 0.25) is 5.95 Å². The van der Waals surface area contributed by atoms with Crippen LogP contribution in [0.15, 0.2) is 36.4 Å². The van der Waals surface area contributed by atoms with Crippen LogP contribution in [0.2, 0.25) is 0 Å². The number of aromatic nitrogens is 2. The van der Waals surface area contributed by atoms with Crippen LogP contribution in [0.25, 0.3) is 11.0 Å². The molecular weight excluding hydrogens is 447 g/mol. The van der Waals surface area contributed by atoms with Gasteiger partial charge in [0.05, 0.1) is 29.8 Å². The molecule has 1 fully saturated rings. The average molecular weight is 483 g/mol. The second-order valence-electron chi connectivity index (χ2n) is 9.89. The number of benzene rings is 2. The van der Waals surface area contributed by atoms with Gasteiger partial charge in [-0.1, -0.05) is 43.9 Å². The molecule has 0 spiro atoms. The number of rotatable bonds is 8. The van der Waals surface area contributed by atoms with Crippen molar-refractivity contribution in [1.82, 2.24) is 14.9 Å². The maximum Gasteiger partial charge on any atom is 0.251 e. The first kappa shape index (κ1) is 25.1. The second kappa shape index (κ2) is 10.7. The van der Waals surface area contributed by atoms with Crippen molar-refractivity contribution in [3.8, 4) is 0 Å². The molecule has 1 amide bonds. The minimum Gasteiger partial charge on any atom is -0.394 e. The number of aryl methyl sites for hydroxylation is 1. The Bertz CT molecular complexity index is 1180. The number of aliphatic hydroxyl groups excluding tert-OH is 2. The van der Waals surface area contributed by atoms with Crippen LogP contribution in [0.1, 0.15) is 73.0 Å². The van der Waals surface area contributed by atoms with Crippen LogP contribution in [-0.2, 0) is 6.54 Å². The summed E-state index contributed by atoms with van der Waals surface area (Å²) in [5.41, 5.74) is 2.06. The van der Waals surface area contributed by atoms with E-state index in [0.717, 1.165) is 31.2 Å². The Morgan fingerprint density at radius 1 is 1.14 bits per heavy atom. The van der Waals surface area contributed by atoms with Gasteiger partial charge in [-0.25, -0.2) is 9.37 Å². The second-order valence-corrected chi connectivity index (χ2v) is 9.89. The van der Waals surface area contributed by atoms with Gasteiger partial charge < -0.3 is 25.4 Å². The first-order valence-electron chi connectivity index (χ1n) is 12.4. The molecule has 2 aromatic carbocycles. The van der Waals surface area contributed by atoms with Crippen molar-refractivity contribution in [2.75, 3.05) is 18.5 Å². The van der Waals surface area contributed by atoms with E-state index in [1.54, 1.807) is 38.1 Å². The van der Waals surface area contributed by atoms with Gasteiger partial charge in [0.25, 0.3) is 5.91 Å². The molecule has 0 bridgehead atoms. The van der Waals surface area contributed by atoms with Crippen molar-refractivity contribution in [3.05, 3.63) is 58.9 Å². The van der Waals surface area contributed by atoms with Gasteiger partial charge in [-0.05, 0) is 50.5 Å². The van der Waals surface area contributed by atoms with E-state index in [1.807, 2.05) is 12.1 Å². The fourth-order valence-corrected chi connectivity index (χ4v) is 4.74. The normalized spacial score (nSPS) is 15.2. The van der Waals surface area contributed by atoms with Crippen molar-refractivity contribution < 1.29 is 19.4 Å². The zero-order chi connectivity index (χ0) is 25.0. The molecule has 0 radical (unpaired) electrons. The number of fused-ring (bicyclic) bond motifs is 1. The van der Waals surface area contributed by atoms with Crippen molar-refractivity contribution in [1.29, 1.82) is 0 Å². The third-order valence-corrected chi connectivity index (χ3v) is 6.96. The van der Waals surface area contributed by atoms with Gasteiger partial charge in [0, 0.05) is 23.7 Å². The number of aliphatic hydroxyl groups is 2. The van der Waals surface area contributed by atoms with Crippen LogP contribution >= 0.6 is 0 Å². The maximum absolute atomic E-state index is 14.6. The average Bonchev–Trinajstić information content (AvgIpc) is 3.01. The number of nitrogens with one attached hydrogen (secondary N) is 2.